The molecule has 0 bridgehead atoms. The van der Waals surface area contributed by atoms with Crippen LogP contribution >= 0.6 is 0 Å². The summed E-state index contributed by atoms with van der Waals surface area (Å²) in [4.78, 5) is 0. The summed E-state index contributed by atoms with van der Waals surface area (Å²) >= 11 is 0. The molecule has 0 saturated heterocycles. The van der Waals surface area contributed by atoms with Gasteiger partial charge in [-0.25, -0.2) is 0 Å². The molecule has 4 aliphatic rings. The fraction of sp³-hybridized carbons (Fsp3) is 1.00. The van der Waals surface area contributed by atoms with Crippen molar-refractivity contribution in [1.82, 2.24) is 0 Å². The summed E-state index contributed by atoms with van der Waals surface area (Å²) in [5.74, 6) is 0.416. The molecule has 5 N–H and O–H groups in total. The number of hydrogen-bond acceptors (Lipinski definition) is 5. The lowest BCUT2D eigenvalue weighted by Gasteiger charge is -2.65. The van der Waals surface area contributed by atoms with Gasteiger partial charge < -0.3 is 25.5 Å². The van der Waals surface area contributed by atoms with Crippen LogP contribution in [-0.2, 0) is 0 Å². The van der Waals surface area contributed by atoms with Crippen molar-refractivity contribution >= 4 is 0 Å². The molecule has 4 rings (SSSR count). The Hall–Kier alpha value is -0.200. The van der Waals surface area contributed by atoms with Crippen molar-refractivity contribution in [2.75, 3.05) is 0 Å². The predicted octanol–water partition coefficient (Wildman–Crippen LogP) is 3.50. The second kappa shape index (κ2) is 8.48. The third-order valence-electron chi connectivity index (χ3n) is 10.9. The van der Waals surface area contributed by atoms with E-state index in [9.17, 15) is 25.5 Å². The summed E-state index contributed by atoms with van der Waals surface area (Å²) < 4.78 is 0. The Morgan fingerprint density at radius 1 is 0.875 bits per heavy atom. The average Bonchev–Trinajstić information content (AvgIpc) is 2.89. The van der Waals surface area contributed by atoms with Crippen molar-refractivity contribution in [2.24, 2.45) is 46.3 Å². The fourth-order valence-electron chi connectivity index (χ4n) is 9.54. The van der Waals surface area contributed by atoms with Gasteiger partial charge in [-0.05, 0) is 72.5 Å². The summed E-state index contributed by atoms with van der Waals surface area (Å²) in [7, 11) is 0. The third-order valence-corrected chi connectivity index (χ3v) is 10.9. The van der Waals surface area contributed by atoms with Gasteiger partial charge in [0.05, 0.1) is 30.0 Å². The minimum Gasteiger partial charge on any atom is -0.393 e. The molecule has 5 unspecified atom stereocenters. The van der Waals surface area contributed by atoms with E-state index in [2.05, 4.69) is 34.6 Å². The molecule has 5 heteroatoms. The van der Waals surface area contributed by atoms with E-state index in [0.717, 1.165) is 32.1 Å². The lowest BCUT2D eigenvalue weighted by Crippen LogP contribution is -2.68. The van der Waals surface area contributed by atoms with Gasteiger partial charge >= 0.3 is 0 Å². The monoisotopic (exact) mass is 452 g/mol. The van der Waals surface area contributed by atoms with E-state index in [1.807, 2.05) is 0 Å². The fourth-order valence-corrected chi connectivity index (χ4v) is 9.54. The van der Waals surface area contributed by atoms with Gasteiger partial charge in [-0.2, -0.15) is 0 Å². The SMILES string of the molecule is CC(C)CCC[C@@H](C)[C@H]1C(O)C(O)[C@@H]2[C@]1(C)CC[C@H]1[C@@]2(O)CC(O)C2CC(O)CC[C@@]21C. The second-order valence-corrected chi connectivity index (χ2v) is 13.2. The Labute approximate surface area is 194 Å². The molecular formula is C27H48O5. The van der Waals surface area contributed by atoms with Crippen molar-refractivity contribution in [1.29, 1.82) is 0 Å². The molecule has 0 aromatic heterocycles. The van der Waals surface area contributed by atoms with Crippen LogP contribution in [0.15, 0.2) is 0 Å². The van der Waals surface area contributed by atoms with Gasteiger partial charge in [0.15, 0.2) is 0 Å². The maximum atomic E-state index is 12.3. The summed E-state index contributed by atoms with van der Waals surface area (Å²) in [6, 6.07) is 0. The molecule has 4 aliphatic carbocycles. The minimum absolute atomic E-state index is 0.0184. The Morgan fingerprint density at radius 2 is 1.53 bits per heavy atom. The molecular weight excluding hydrogens is 404 g/mol. The molecule has 0 aliphatic heterocycles. The van der Waals surface area contributed by atoms with E-state index < -0.39 is 29.8 Å². The third kappa shape index (κ3) is 3.61. The first-order valence-electron chi connectivity index (χ1n) is 13.3. The van der Waals surface area contributed by atoms with Crippen molar-refractivity contribution in [3.63, 3.8) is 0 Å². The average molecular weight is 453 g/mol. The lowest BCUT2D eigenvalue weighted by atomic mass is 9.42. The predicted molar refractivity (Wildman–Crippen MR) is 125 cm³/mol. The summed E-state index contributed by atoms with van der Waals surface area (Å²) in [5.41, 5.74) is -1.79. The maximum Gasteiger partial charge on any atom is 0.0863 e. The first-order valence-corrected chi connectivity index (χ1v) is 13.3. The zero-order valence-corrected chi connectivity index (χ0v) is 20.9. The standard InChI is InChI=1S/C27H48O5/c1-15(2)7-6-8-16(3)21-22(30)23(31)24-26(21,5)12-10-20-25(4)11-9-17(28)13-18(25)19(29)14-27(20,24)32/h15-24,28-32H,6-14H2,1-5H3/t16-,17?,18?,19?,20-,21+,22?,23?,24-,25+,26-,27+/m1/s1. The van der Waals surface area contributed by atoms with Gasteiger partial charge in [0.1, 0.15) is 0 Å². The highest BCUT2D eigenvalue weighted by molar-refractivity contribution is 5.21. The van der Waals surface area contributed by atoms with Crippen molar-refractivity contribution in [3.05, 3.63) is 0 Å². The van der Waals surface area contributed by atoms with E-state index in [1.54, 1.807) is 0 Å². The minimum atomic E-state index is -1.19. The zero-order valence-electron chi connectivity index (χ0n) is 20.9. The first-order chi connectivity index (χ1) is 14.9. The molecule has 12 atom stereocenters. The highest BCUT2D eigenvalue weighted by Gasteiger charge is 2.72. The normalized spacial score (nSPS) is 54.1. The maximum absolute atomic E-state index is 12.3. The Balaban J connectivity index is 1.64. The largest absolute Gasteiger partial charge is 0.393 e. The van der Waals surface area contributed by atoms with Gasteiger partial charge in [-0.1, -0.05) is 53.9 Å². The molecule has 4 fully saturated rings. The lowest BCUT2D eigenvalue weighted by molar-refractivity contribution is -0.264. The Bertz CT molecular complexity index is 683. The summed E-state index contributed by atoms with van der Waals surface area (Å²) in [6.45, 7) is 11.0. The van der Waals surface area contributed by atoms with Gasteiger partial charge in [-0.3, -0.25) is 0 Å². The van der Waals surface area contributed by atoms with Crippen molar-refractivity contribution in [2.45, 2.75) is 122 Å². The smallest absolute Gasteiger partial charge is 0.0863 e. The summed E-state index contributed by atoms with van der Waals surface area (Å²) in [6.07, 6.45) is 4.51. The van der Waals surface area contributed by atoms with Crippen LogP contribution in [0.5, 0.6) is 0 Å². The Kier molecular flexibility index (Phi) is 6.60. The van der Waals surface area contributed by atoms with Crippen LogP contribution in [0.25, 0.3) is 0 Å². The molecule has 0 radical (unpaired) electrons. The van der Waals surface area contributed by atoms with Gasteiger partial charge in [0.2, 0.25) is 0 Å². The first kappa shape index (κ1) is 24.9. The van der Waals surface area contributed by atoms with E-state index in [1.165, 1.54) is 6.42 Å². The molecule has 0 aromatic carbocycles. The van der Waals surface area contributed by atoms with Crippen LogP contribution in [0.4, 0.5) is 0 Å². The molecule has 5 nitrogen and oxygen atoms in total. The van der Waals surface area contributed by atoms with E-state index in [4.69, 9.17) is 0 Å². The molecule has 0 aromatic rings. The molecule has 0 heterocycles. The molecule has 186 valence electrons. The number of hydrogen-bond donors (Lipinski definition) is 5. The van der Waals surface area contributed by atoms with E-state index in [0.29, 0.717) is 18.8 Å². The molecule has 4 saturated carbocycles. The number of rotatable bonds is 5. The quantitative estimate of drug-likeness (QED) is 0.440. The van der Waals surface area contributed by atoms with Gasteiger partial charge in [0, 0.05) is 12.3 Å². The summed E-state index contributed by atoms with van der Waals surface area (Å²) in [5, 5.41) is 56.4. The van der Waals surface area contributed by atoms with Crippen LogP contribution in [0.2, 0.25) is 0 Å². The molecule has 0 amide bonds. The van der Waals surface area contributed by atoms with Crippen molar-refractivity contribution < 1.29 is 25.5 Å². The van der Waals surface area contributed by atoms with Crippen LogP contribution in [-0.4, -0.2) is 55.5 Å². The van der Waals surface area contributed by atoms with Crippen LogP contribution in [0.1, 0.15) is 92.4 Å². The van der Waals surface area contributed by atoms with E-state index >= 15 is 0 Å². The highest BCUT2D eigenvalue weighted by atomic mass is 16.3. The Morgan fingerprint density at radius 3 is 2.19 bits per heavy atom. The van der Waals surface area contributed by atoms with Gasteiger partial charge in [0.25, 0.3) is 0 Å². The topological polar surface area (TPSA) is 101 Å². The molecule has 0 spiro atoms. The number of aliphatic hydroxyl groups excluding tert-OH is 4. The second-order valence-electron chi connectivity index (χ2n) is 13.2. The number of fused-ring (bicyclic) bond motifs is 5. The number of aliphatic hydroxyl groups is 5. The molecule has 32 heavy (non-hydrogen) atoms. The van der Waals surface area contributed by atoms with Crippen LogP contribution < -0.4 is 0 Å². The van der Waals surface area contributed by atoms with Crippen LogP contribution in [0.3, 0.4) is 0 Å². The van der Waals surface area contributed by atoms with Crippen LogP contribution in [0, 0.1) is 46.3 Å². The van der Waals surface area contributed by atoms with E-state index in [-0.39, 0.29) is 47.0 Å². The van der Waals surface area contributed by atoms with Gasteiger partial charge in [-0.15, -0.1) is 0 Å². The zero-order chi connectivity index (χ0) is 23.6. The van der Waals surface area contributed by atoms with Crippen molar-refractivity contribution in [3.8, 4) is 0 Å². The highest BCUT2D eigenvalue weighted by Crippen LogP contribution is 2.69.